The number of rotatable bonds is 8. The Morgan fingerprint density at radius 2 is 2.08 bits per heavy atom. The molecule has 0 fully saturated rings. The van der Waals surface area contributed by atoms with Crippen LogP contribution in [0.15, 0.2) is 60.9 Å². The summed E-state index contributed by atoms with van der Waals surface area (Å²) in [6.07, 6.45) is 13.8. The highest BCUT2D eigenvalue weighted by Crippen LogP contribution is 2.39. The fraction of sp³-hybridized carbons (Fsp3) is 0.500. The number of allylic oxidation sites excluding steroid dienone is 4. The third kappa shape index (κ3) is 7.21. The average Bonchev–Trinajstić information content (AvgIpc) is 2.96. The lowest BCUT2D eigenvalue weighted by Crippen LogP contribution is -2.17. The van der Waals surface area contributed by atoms with E-state index in [1.165, 1.54) is 30.4 Å². The van der Waals surface area contributed by atoms with Crippen LogP contribution < -0.4 is 5.73 Å². The van der Waals surface area contributed by atoms with Crippen LogP contribution in [-0.2, 0) is 11.2 Å². The van der Waals surface area contributed by atoms with Crippen LogP contribution in [0.5, 0.6) is 0 Å². The Hall–Kier alpha value is -1.80. The molecule has 0 bridgehead atoms. The van der Waals surface area contributed by atoms with Crippen molar-refractivity contribution in [3.63, 3.8) is 0 Å². The molecule has 2 unspecified atom stereocenters. The molecule has 2 heteroatoms. The normalized spacial score (nSPS) is 20.3. The van der Waals surface area contributed by atoms with Crippen molar-refractivity contribution in [3.05, 3.63) is 72.0 Å². The number of hydrogen-bond acceptors (Lipinski definition) is 2. The molecule has 0 heterocycles. The molecule has 1 aromatic carbocycles. The summed E-state index contributed by atoms with van der Waals surface area (Å²) < 4.78 is 6.13. The summed E-state index contributed by atoms with van der Waals surface area (Å²) >= 11 is 0. The SMILES string of the molecule is C=C/C=C(\C=C/C)OC1c2ccccc2C[C@H]1C.CCCCC(N)CC. The third-order valence-electron chi connectivity index (χ3n) is 4.75. The van der Waals surface area contributed by atoms with Gasteiger partial charge in [-0.15, -0.1) is 0 Å². The number of fused-ring (bicyclic) bond motifs is 1. The van der Waals surface area contributed by atoms with Gasteiger partial charge in [0.15, 0.2) is 0 Å². The van der Waals surface area contributed by atoms with Crippen LogP contribution in [0.2, 0.25) is 0 Å². The van der Waals surface area contributed by atoms with Gasteiger partial charge in [-0.1, -0.05) is 76.6 Å². The molecule has 0 saturated heterocycles. The molecule has 0 aromatic heterocycles. The van der Waals surface area contributed by atoms with E-state index in [4.69, 9.17) is 10.5 Å². The highest BCUT2D eigenvalue weighted by Gasteiger charge is 2.30. The summed E-state index contributed by atoms with van der Waals surface area (Å²) in [5, 5.41) is 0. The predicted molar refractivity (Wildman–Crippen MR) is 114 cm³/mol. The largest absolute Gasteiger partial charge is 0.485 e. The van der Waals surface area contributed by atoms with Gasteiger partial charge in [-0.25, -0.2) is 0 Å². The van der Waals surface area contributed by atoms with E-state index in [9.17, 15) is 0 Å². The lowest BCUT2D eigenvalue weighted by atomic mass is 10.1. The van der Waals surface area contributed by atoms with E-state index in [1.807, 2.05) is 25.2 Å². The Balaban J connectivity index is 0.000000359. The van der Waals surface area contributed by atoms with E-state index in [2.05, 4.69) is 51.6 Å². The lowest BCUT2D eigenvalue weighted by Gasteiger charge is -2.19. The van der Waals surface area contributed by atoms with Crippen molar-refractivity contribution in [2.45, 2.75) is 71.9 Å². The van der Waals surface area contributed by atoms with Crippen LogP contribution in [0.25, 0.3) is 0 Å². The average molecular weight is 356 g/mol. The summed E-state index contributed by atoms with van der Waals surface area (Å²) in [5.41, 5.74) is 8.39. The standard InChI is InChI=1S/C17H20O.C7H17N/c1-4-8-15(9-5-2)18-17-13(3)12-14-10-6-7-11-16(14)17;1-3-5-6-7(8)4-2/h4-11,13,17H,1,12H2,2-3H3;7H,3-6,8H2,1-2H3/b9-5-,15-8+;/t13-,17?;/m1./s1. The molecular formula is C24H37NO. The van der Waals surface area contributed by atoms with E-state index in [1.54, 1.807) is 6.08 Å². The summed E-state index contributed by atoms with van der Waals surface area (Å²) in [5.74, 6) is 1.39. The van der Waals surface area contributed by atoms with Crippen molar-refractivity contribution in [2.75, 3.05) is 0 Å². The first-order chi connectivity index (χ1) is 12.6. The molecule has 2 rings (SSSR count). The number of benzene rings is 1. The predicted octanol–water partition coefficient (Wildman–Crippen LogP) is 6.50. The molecule has 0 aliphatic heterocycles. The molecule has 0 saturated carbocycles. The second-order valence-electron chi connectivity index (χ2n) is 7.03. The van der Waals surface area contributed by atoms with E-state index in [0.717, 1.165) is 18.6 Å². The first-order valence-electron chi connectivity index (χ1n) is 10.0. The van der Waals surface area contributed by atoms with Gasteiger partial charge >= 0.3 is 0 Å². The zero-order chi connectivity index (χ0) is 19.4. The lowest BCUT2D eigenvalue weighted by molar-refractivity contribution is 0.0897. The molecule has 2 nitrogen and oxygen atoms in total. The fourth-order valence-electron chi connectivity index (χ4n) is 3.17. The second kappa shape index (κ2) is 12.5. The molecule has 1 aromatic rings. The minimum Gasteiger partial charge on any atom is -0.485 e. The van der Waals surface area contributed by atoms with Gasteiger partial charge in [0.2, 0.25) is 0 Å². The van der Waals surface area contributed by atoms with Gasteiger partial charge in [-0.2, -0.15) is 0 Å². The molecule has 26 heavy (non-hydrogen) atoms. The zero-order valence-electron chi connectivity index (χ0n) is 17.1. The van der Waals surface area contributed by atoms with Gasteiger partial charge in [0.05, 0.1) is 0 Å². The van der Waals surface area contributed by atoms with Crippen molar-refractivity contribution >= 4 is 0 Å². The molecule has 3 atom stereocenters. The maximum absolute atomic E-state index is 6.13. The summed E-state index contributed by atoms with van der Waals surface area (Å²) in [4.78, 5) is 0. The fourth-order valence-corrected chi connectivity index (χ4v) is 3.17. The van der Waals surface area contributed by atoms with Crippen LogP contribution in [-0.4, -0.2) is 6.04 Å². The van der Waals surface area contributed by atoms with Crippen molar-refractivity contribution in [1.29, 1.82) is 0 Å². The number of unbranched alkanes of at least 4 members (excludes halogenated alkanes) is 1. The smallest absolute Gasteiger partial charge is 0.127 e. The van der Waals surface area contributed by atoms with Gasteiger partial charge in [0, 0.05) is 12.0 Å². The van der Waals surface area contributed by atoms with Crippen molar-refractivity contribution in [3.8, 4) is 0 Å². The minimum absolute atomic E-state index is 0.156. The Morgan fingerprint density at radius 3 is 2.69 bits per heavy atom. The third-order valence-corrected chi connectivity index (χ3v) is 4.75. The van der Waals surface area contributed by atoms with Gasteiger partial charge in [0.25, 0.3) is 0 Å². The van der Waals surface area contributed by atoms with Gasteiger partial charge in [-0.3, -0.25) is 0 Å². The Kier molecular flexibility index (Phi) is 10.7. The Morgan fingerprint density at radius 1 is 1.35 bits per heavy atom. The van der Waals surface area contributed by atoms with E-state index in [0.29, 0.717) is 12.0 Å². The first-order valence-corrected chi connectivity index (χ1v) is 10.0. The second-order valence-corrected chi connectivity index (χ2v) is 7.03. The quantitative estimate of drug-likeness (QED) is 0.427. The van der Waals surface area contributed by atoms with Gasteiger partial charge in [0.1, 0.15) is 11.9 Å². The van der Waals surface area contributed by atoms with Gasteiger partial charge < -0.3 is 10.5 Å². The van der Waals surface area contributed by atoms with Crippen molar-refractivity contribution < 1.29 is 4.74 Å². The molecular weight excluding hydrogens is 318 g/mol. The monoisotopic (exact) mass is 355 g/mol. The number of ether oxygens (including phenoxy) is 1. The Labute approximate surface area is 160 Å². The van der Waals surface area contributed by atoms with Crippen LogP contribution >= 0.6 is 0 Å². The maximum atomic E-state index is 6.13. The molecule has 1 aliphatic carbocycles. The molecule has 1 aliphatic rings. The van der Waals surface area contributed by atoms with E-state index < -0.39 is 0 Å². The van der Waals surface area contributed by atoms with Crippen LogP contribution in [0.3, 0.4) is 0 Å². The highest BCUT2D eigenvalue weighted by molar-refractivity contribution is 5.35. The highest BCUT2D eigenvalue weighted by atomic mass is 16.5. The van der Waals surface area contributed by atoms with E-state index in [-0.39, 0.29) is 6.10 Å². The molecule has 0 radical (unpaired) electrons. The Bertz CT molecular complexity index is 588. The van der Waals surface area contributed by atoms with E-state index >= 15 is 0 Å². The van der Waals surface area contributed by atoms with Crippen LogP contribution in [0.1, 0.15) is 70.6 Å². The molecule has 2 N–H and O–H groups in total. The molecule has 0 amide bonds. The zero-order valence-corrected chi connectivity index (χ0v) is 17.1. The molecule has 144 valence electrons. The summed E-state index contributed by atoms with van der Waals surface area (Å²) in [7, 11) is 0. The van der Waals surface area contributed by atoms with Crippen LogP contribution in [0, 0.1) is 5.92 Å². The van der Waals surface area contributed by atoms with Gasteiger partial charge in [-0.05, 0) is 49.5 Å². The number of hydrogen-bond donors (Lipinski definition) is 1. The molecule has 0 spiro atoms. The maximum Gasteiger partial charge on any atom is 0.127 e. The van der Waals surface area contributed by atoms with Crippen LogP contribution in [0.4, 0.5) is 0 Å². The summed E-state index contributed by atoms with van der Waals surface area (Å²) in [6.45, 7) is 12.3. The first kappa shape index (κ1) is 22.2. The van der Waals surface area contributed by atoms with Crippen molar-refractivity contribution in [1.82, 2.24) is 0 Å². The summed E-state index contributed by atoms with van der Waals surface area (Å²) in [6, 6.07) is 9.00. The number of nitrogens with two attached hydrogens (primary N) is 1. The van der Waals surface area contributed by atoms with Crippen molar-refractivity contribution in [2.24, 2.45) is 11.7 Å². The minimum atomic E-state index is 0.156. The topological polar surface area (TPSA) is 35.2 Å².